The predicted octanol–water partition coefficient (Wildman–Crippen LogP) is 3.97. The van der Waals surface area contributed by atoms with Crippen LogP contribution in [0.25, 0.3) is 0 Å². The van der Waals surface area contributed by atoms with E-state index >= 15 is 0 Å². The van der Waals surface area contributed by atoms with E-state index in [9.17, 15) is 0 Å². The molecular weight excluding hydrogens is 234 g/mol. The van der Waals surface area contributed by atoms with Gasteiger partial charge in [0, 0.05) is 18.0 Å². The molecule has 19 heavy (non-hydrogen) atoms. The summed E-state index contributed by atoms with van der Waals surface area (Å²) in [7, 11) is 0. The van der Waals surface area contributed by atoms with Crippen molar-refractivity contribution in [1.29, 1.82) is 0 Å². The van der Waals surface area contributed by atoms with E-state index in [4.69, 9.17) is 4.74 Å². The van der Waals surface area contributed by atoms with Gasteiger partial charge in [-0.3, -0.25) is 0 Å². The van der Waals surface area contributed by atoms with E-state index in [-0.39, 0.29) is 0 Å². The molecule has 0 spiro atoms. The number of benzene rings is 1. The van der Waals surface area contributed by atoms with Crippen molar-refractivity contribution >= 4 is 0 Å². The van der Waals surface area contributed by atoms with Crippen molar-refractivity contribution in [2.24, 2.45) is 5.92 Å². The fourth-order valence-corrected chi connectivity index (χ4v) is 2.80. The van der Waals surface area contributed by atoms with Gasteiger partial charge >= 0.3 is 0 Å². The second-order valence-electron chi connectivity index (χ2n) is 5.62. The normalized spacial score (nSPS) is 18.9. The van der Waals surface area contributed by atoms with Gasteiger partial charge in [0.1, 0.15) is 5.75 Å². The number of rotatable bonds is 8. The Morgan fingerprint density at radius 1 is 1.32 bits per heavy atom. The van der Waals surface area contributed by atoms with Crippen molar-refractivity contribution in [1.82, 2.24) is 5.32 Å². The fourth-order valence-electron chi connectivity index (χ4n) is 2.80. The highest BCUT2D eigenvalue weighted by Gasteiger charge is 2.23. The monoisotopic (exact) mass is 261 g/mol. The fraction of sp³-hybridized carbons (Fsp3) is 0.647. The summed E-state index contributed by atoms with van der Waals surface area (Å²) in [5.41, 5.74) is 1.37. The Kier molecular flexibility index (Phi) is 5.71. The van der Waals surface area contributed by atoms with Gasteiger partial charge in [0.15, 0.2) is 0 Å². The average Bonchev–Trinajstić information content (AvgIpc) is 2.86. The number of nitrogens with one attached hydrogen (secondary N) is 1. The highest BCUT2D eigenvalue weighted by Crippen LogP contribution is 2.32. The zero-order valence-electron chi connectivity index (χ0n) is 12.3. The van der Waals surface area contributed by atoms with Crippen LogP contribution in [-0.4, -0.2) is 19.7 Å². The van der Waals surface area contributed by atoms with E-state index in [0.29, 0.717) is 5.92 Å². The van der Waals surface area contributed by atoms with E-state index in [1.165, 1.54) is 31.2 Å². The van der Waals surface area contributed by atoms with Gasteiger partial charge < -0.3 is 10.1 Å². The first-order chi connectivity index (χ1) is 9.35. The molecular formula is C17H27NO. The number of ether oxygens (including phenoxy) is 1. The van der Waals surface area contributed by atoms with Crippen LogP contribution in [0, 0.1) is 5.92 Å². The lowest BCUT2D eigenvalue weighted by Crippen LogP contribution is -2.27. The van der Waals surface area contributed by atoms with Gasteiger partial charge in [-0.1, -0.05) is 51.3 Å². The van der Waals surface area contributed by atoms with Gasteiger partial charge in [0.25, 0.3) is 0 Å². The number of fused-ring (bicyclic) bond motifs is 1. The van der Waals surface area contributed by atoms with Crippen molar-refractivity contribution in [2.45, 2.75) is 45.4 Å². The lowest BCUT2D eigenvalue weighted by molar-refractivity contribution is 0.321. The van der Waals surface area contributed by atoms with Crippen molar-refractivity contribution in [2.75, 3.05) is 19.7 Å². The van der Waals surface area contributed by atoms with Crippen LogP contribution in [0.3, 0.4) is 0 Å². The lowest BCUT2D eigenvalue weighted by Gasteiger charge is -2.17. The summed E-state index contributed by atoms with van der Waals surface area (Å²) in [6.07, 6.45) is 5.30. The molecule has 2 atom stereocenters. The maximum absolute atomic E-state index is 5.72. The van der Waals surface area contributed by atoms with Crippen LogP contribution in [0.15, 0.2) is 24.3 Å². The predicted molar refractivity (Wildman–Crippen MR) is 80.9 cm³/mol. The number of para-hydroxylation sites is 1. The van der Waals surface area contributed by atoms with E-state index in [1.54, 1.807) is 0 Å². The Morgan fingerprint density at radius 3 is 2.95 bits per heavy atom. The van der Waals surface area contributed by atoms with Gasteiger partial charge in [-0.25, -0.2) is 0 Å². The van der Waals surface area contributed by atoms with Gasteiger partial charge in [-0.2, -0.15) is 0 Å². The lowest BCUT2D eigenvalue weighted by atomic mass is 9.98. The Labute approximate surface area is 117 Å². The summed E-state index contributed by atoms with van der Waals surface area (Å²) in [6, 6.07) is 8.43. The molecule has 2 unspecified atom stereocenters. The molecule has 0 aliphatic carbocycles. The molecule has 0 fully saturated rings. The Bertz CT molecular complexity index is 377. The van der Waals surface area contributed by atoms with Gasteiger partial charge in [-0.15, -0.1) is 0 Å². The molecule has 0 aromatic heterocycles. The van der Waals surface area contributed by atoms with Crippen molar-refractivity contribution in [3.8, 4) is 5.75 Å². The Balaban J connectivity index is 1.74. The molecule has 1 aromatic carbocycles. The zero-order chi connectivity index (χ0) is 13.5. The maximum Gasteiger partial charge on any atom is 0.122 e. The minimum absolute atomic E-state index is 0.528. The maximum atomic E-state index is 5.72. The summed E-state index contributed by atoms with van der Waals surface area (Å²) < 4.78 is 5.72. The second-order valence-corrected chi connectivity index (χ2v) is 5.62. The third kappa shape index (κ3) is 3.97. The molecule has 1 aromatic rings. The topological polar surface area (TPSA) is 21.3 Å². The van der Waals surface area contributed by atoms with Gasteiger partial charge in [0.2, 0.25) is 0 Å². The first kappa shape index (κ1) is 14.4. The number of hydrogen-bond donors (Lipinski definition) is 1. The number of unbranched alkanes of at least 4 members (excludes halogenated alkanes) is 1. The highest BCUT2D eigenvalue weighted by molar-refractivity contribution is 5.39. The van der Waals surface area contributed by atoms with E-state index in [1.807, 2.05) is 6.07 Å². The molecule has 1 heterocycles. The third-order valence-electron chi connectivity index (χ3n) is 4.17. The van der Waals surface area contributed by atoms with Crippen molar-refractivity contribution in [3.63, 3.8) is 0 Å². The highest BCUT2D eigenvalue weighted by atomic mass is 16.5. The number of hydrogen-bond acceptors (Lipinski definition) is 2. The standard InChI is InChI=1S/C17H27NO/c1-3-5-8-14(4-2)11-18-12-15-13-19-17-10-7-6-9-16(15)17/h6-7,9-10,14-15,18H,3-5,8,11-13H2,1-2H3. The van der Waals surface area contributed by atoms with Crippen LogP contribution in [0.5, 0.6) is 5.75 Å². The van der Waals surface area contributed by atoms with Crippen LogP contribution < -0.4 is 10.1 Å². The summed E-state index contributed by atoms with van der Waals surface area (Å²) in [4.78, 5) is 0. The van der Waals surface area contributed by atoms with Crippen LogP contribution in [-0.2, 0) is 0 Å². The minimum atomic E-state index is 0.528. The van der Waals surface area contributed by atoms with Crippen LogP contribution in [0.4, 0.5) is 0 Å². The first-order valence-electron chi connectivity index (χ1n) is 7.77. The Morgan fingerprint density at radius 2 is 2.16 bits per heavy atom. The second kappa shape index (κ2) is 7.54. The summed E-state index contributed by atoms with van der Waals surface area (Å²) in [6.45, 7) is 7.59. The van der Waals surface area contributed by atoms with Gasteiger partial charge in [0.05, 0.1) is 6.61 Å². The van der Waals surface area contributed by atoms with Gasteiger partial charge in [-0.05, 0) is 24.9 Å². The smallest absolute Gasteiger partial charge is 0.122 e. The molecule has 2 rings (SSSR count). The van der Waals surface area contributed by atoms with E-state index < -0.39 is 0 Å². The largest absolute Gasteiger partial charge is 0.493 e. The van der Waals surface area contributed by atoms with E-state index in [0.717, 1.165) is 31.4 Å². The molecule has 2 nitrogen and oxygen atoms in total. The average molecular weight is 261 g/mol. The van der Waals surface area contributed by atoms with Crippen molar-refractivity contribution in [3.05, 3.63) is 29.8 Å². The van der Waals surface area contributed by atoms with E-state index in [2.05, 4.69) is 37.4 Å². The summed E-state index contributed by atoms with van der Waals surface area (Å²) in [5, 5.41) is 3.65. The first-order valence-corrected chi connectivity index (χ1v) is 7.77. The zero-order valence-corrected chi connectivity index (χ0v) is 12.3. The molecule has 106 valence electrons. The Hall–Kier alpha value is -1.02. The molecule has 1 aliphatic rings. The summed E-state index contributed by atoms with van der Waals surface area (Å²) in [5.74, 6) is 2.43. The molecule has 0 amide bonds. The SMILES string of the molecule is CCCCC(CC)CNCC1COc2ccccc21. The molecule has 1 N–H and O–H groups in total. The molecule has 0 radical (unpaired) electrons. The molecule has 2 heteroatoms. The van der Waals surface area contributed by atoms with Crippen LogP contribution >= 0.6 is 0 Å². The van der Waals surface area contributed by atoms with Crippen molar-refractivity contribution < 1.29 is 4.74 Å². The third-order valence-corrected chi connectivity index (χ3v) is 4.17. The molecule has 1 aliphatic heterocycles. The minimum Gasteiger partial charge on any atom is -0.493 e. The van der Waals surface area contributed by atoms with Crippen LogP contribution in [0.1, 0.15) is 51.0 Å². The quantitative estimate of drug-likeness (QED) is 0.764. The molecule has 0 saturated heterocycles. The molecule has 0 saturated carbocycles. The summed E-state index contributed by atoms with van der Waals surface area (Å²) >= 11 is 0. The molecule has 0 bridgehead atoms. The van der Waals surface area contributed by atoms with Crippen LogP contribution in [0.2, 0.25) is 0 Å².